The van der Waals surface area contributed by atoms with Crippen molar-refractivity contribution in [3.8, 4) is 11.3 Å². The highest BCUT2D eigenvalue weighted by molar-refractivity contribution is 5.99. The minimum absolute atomic E-state index is 0.0473. The van der Waals surface area contributed by atoms with E-state index in [2.05, 4.69) is 15.5 Å². The highest BCUT2D eigenvalue weighted by atomic mass is 16.3. The molecule has 1 unspecified atom stereocenters. The van der Waals surface area contributed by atoms with Gasteiger partial charge < -0.3 is 9.73 Å². The molecule has 23 heavy (non-hydrogen) atoms. The second-order valence-electron chi connectivity index (χ2n) is 5.52. The SMILES string of the molecule is CC(CCc1ccco1)NC(=O)c1cn[nH]c1-c1ccccc1. The molecule has 1 amide bonds. The zero-order valence-corrected chi connectivity index (χ0v) is 13.0. The van der Waals surface area contributed by atoms with Crippen molar-refractivity contribution < 1.29 is 9.21 Å². The van der Waals surface area contributed by atoms with Gasteiger partial charge in [0.05, 0.1) is 23.7 Å². The van der Waals surface area contributed by atoms with E-state index < -0.39 is 0 Å². The Morgan fingerprint density at radius 3 is 2.83 bits per heavy atom. The molecule has 0 saturated carbocycles. The molecule has 118 valence electrons. The summed E-state index contributed by atoms with van der Waals surface area (Å²) >= 11 is 0. The van der Waals surface area contributed by atoms with Crippen LogP contribution in [0.2, 0.25) is 0 Å². The molecule has 5 nitrogen and oxygen atoms in total. The number of carbonyl (C=O) groups is 1. The van der Waals surface area contributed by atoms with E-state index in [9.17, 15) is 4.79 Å². The molecule has 2 N–H and O–H groups in total. The Kier molecular flexibility index (Phi) is 4.57. The molecule has 5 heteroatoms. The molecule has 1 aromatic carbocycles. The highest BCUT2D eigenvalue weighted by Crippen LogP contribution is 2.20. The van der Waals surface area contributed by atoms with Gasteiger partial charge in [0.15, 0.2) is 0 Å². The summed E-state index contributed by atoms with van der Waals surface area (Å²) in [5.41, 5.74) is 2.24. The van der Waals surface area contributed by atoms with E-state index in [1.807, 2.05) is 49.4 Å². The van der Waals surface area contributed by atoms with Gasteiger partial charge in [-0.15, -0.1) is 0 Å². The Bertz CT molecular complexity index is 748. The molecule has 0 aliphatic carbocycles. The first-order chi connectivity index (χ1) is 11.2. The number of aromatic amines is 1. The predicted molar refractivity (Wildman–Crippen MR) is 88.0 cm³/mol. The second-order valence-corrected chi connectivity index (χ2v) is 5.52. The number of rotatable bonds is 6. The molecule has 0 bridgehead atoms. The lowest BCUT2D eigenvalue weighted by Crippen LogP contribution is -2.33. The molecular weight excluding hydrogens is 290 g/mol. The number of hydrogen-bond donors (Lipinski definition) is 2. The van der Waals surface area contributed by atoms with Gasteiger partial charge in [0, 0.05) is 18.0 Å². The Morgan fingerprint density at radius 1 is 1.26 bits per heavy atom. The third-order valence-corrected chi connectivity index (χ3v) is 3.73. The average molecular weight is 309 g/mol. The molecule has 0 saturated heterocycles. The number of H-pyrrole nitrogens is 1. The molecular formula is C18H19N3O2. The van der Waals surface area contributed by atoms with E-state index in [1.54, 1.807) is 12.5 Å². The number of aromatic nitrogens is 2. The maximum absolute atomic E-state index is 12.5. The molecule has 3 rings (SSSR count). The lowest BCUT2D eigenvalue weighted by atomic mass is 10.1. The zero-order valence-electron chi connectivity index (χ0n) is 13.0. The normalized spacial score (nSPS) is 12.0. The number of hydrogen-bond acceptors (Lipinski definition) is 3. The summed E-state index contributed by atoms with van der Waals surface area (Å²) in [7, 11) is 0. The van der Waals surface area contributed by atoms with E-state index in [4.69, 9.17) is 4.42 Å². The third-order valence-electron chi connectivity index (χ3n) is 3.73. The molecule has 0 spiro atoms. The van der Waals surface area contributed by atoms with Crippen LogP contribution in [0.3, 0.4) is 0 Å². The first-order valence-corrected chi connectivity index (χ1v) is 7.66. The quantitative estimate of drug-likeness (QED) is 0.733. The van der Waals surface area contributed by atoms with E-state index in [0.29, 0.717) is 5.56 Å². The lowest BCUT2D eigenvalue weighted by molar-refractivity contribution is 0.0939. The standard InChI is InChI=1S/C18H19N3O2/c1-13(9-10-15-8-5-11-23-15)20-18(22)16-12-19-21-17(16)14-6-3-2-4-7-14/h2-8,11-13H,9-10H2,1H3,(H,19,21)(H,20,22). The number of nitrogens with zero attached hydrogens (tertiary/aromatic N) is 1. The van der Waals surface area contributed by atoms with E-state index in [1.165, 1.54) is 0 Å². The van der Waals surface area contributed by atoms with Crippen LogP contribution >= 0.6 is 0 Å². The van der Waals surface area contributed by atoms with Crippen LogP contribution in [0.1, 0.15) is 29.5 Å². The molecule has 0 aliphatic rings. The van der Waals surface area contributed by atoms with Crippen molar-refractivity contribution in [2.45, 2.75) is 25.8 Å². The number of furan rings is 1. The first kappa shape index (κ1) is 15.1. The molecule has 0 radical (unpaired) electrons. The Hall–Kier alpha value is -2.82. The van der Waals surface area contributed by atoms with Crippen LogP contribution in [0.4, 0.5) is 0 Å². The second kappa shape index (κ2) is 6.96. The number of carbonyl (C=O) groups excluding carboxylic acids is 1. The van der Waals surface area contributed by atoms with Crippen LogP contribution in [0.15, 0.2) is 59.3 Å². The summed E-state index contributed by atoms with van der Waals surface area (Å²) < 4.78 is 5.31. The topological polar surface area (TPSA) is 70.9 Å². The van der Waals surface area contributed by atoms with Crippen LogP contribution in [-0.4, -0.2) is 22.1 Å². The van der Waals surface area contributed by atoms with Gasteiger partial charge >= 0.3 is 0 Å². The summed E-state index contributed by atoms with van der Waals surface area (Å²) in [6.45, 7) is 1.99. The molecule has 2 aromatic heterocycles. The fourth-order valence-electron chi connectivity index (χ4n) is 2.47. The Balaban J connectivity index is 1.63. The fourth-order valence-corrected chi connectivity index (χ4v) is 2.47. The summed E-state index contributed by atoms with van der Waals surface area (Å²) in [6, 6.07) is 13.6. The summed E-state index contributed by atoms with van der Waals surface area (Å²) in [5.74, 6) is 0.809. The fraction of sp³-hybridized carbons (Fsp3) is 0.222. The molecule has 1 atom stereocenters. The Labute approximate surface area is 134 Å². The molecule has 0 fully saturated rings. The third kappa shape index (κ3) is 3.69. The van der Waals surface area contributed by atoms with Crippen molar-refractivity contribution in [1.29, 1.82) is 0 Å². The van der Waals surface area contributed by atoms with Crippen LogP contribution < -0.4 is 5.32 Å². The van der Waals surface area contributed by atoms with Gasteiger partial charge in [-0.1, -0.05) is 30.3 Å². The van der Waals surface area contributed by atoms with E-state index in [-0.39, 0.29) is 11.9 Å². The van der Waals surface area contributed by atoms with Crippen molar-refractivity contribution in [2.24, 2.45) is 0 Å². The minimum Gasteiger partial charge on any atom is -0.469 e. The average Bonchev–Trinajstić information content (AvgIpc) is 3.25. The van der Waals surface area contributed by atoms with Crippen molar-refractivity contribution in [2.75, 3.05) is 0 Å². The number of aryl methyl sites for hydroxylation is 1. The van der Waals surface area contributed by atoms with Crippen molar-refractivity contribution in [3.63, 3.8) is 0 Å². The summed E-state index contributed by atoms with van der Waals surface area (Å²) in [4.78, 5) is 12.5. The maximum Gasteiger partial charge on any atom is 0.255 e. The predicted octanol–water partition coefficient (Wildman–Crippen LogP) is 3.42. The van der Waals surface area contributed by atoms with Gasteiger partial charge in [0.25, 0.3) is 5.91 Å². The van der Waals surface area contributed by atoms with E-state index in [0.717, 1.165) is 29.9 Å². The first-order valence-electron chi connectivity index (χ1n) is 7.66. The smallest absolute Gasteiger partial charge is 0.255 e. The van der Waals surface area contributed by atoms with Gasteiger partial charge in [-0.3, -0.25) is 9.89 Å². The van der Waals surface area contributed by atoms with Gasteiger partial charge in [-0.2, -0.15) is 5.10 Å². The number of nitrogens with one attached hydrogen (secondary N) is 2. The van der Waals surface area contributed by atoms with Crippen molar-refractivity contribution in [3.05, 3.63) is 66.2 Å². The molecule has 3 aromatic rings. The van der Waals surface area contributed by atoms with Gasteiger partial charge in [-0.25, -0.2) is 0 Å². The summed E-state index contributed by atoms with van der Waals surface area (Å²) in [6.07, 6.45) is 4.84. The molecule has 0 aliphatic heterocycles. The van der Waals surface area contributed by atoms with Gasteiger partial charge in [-0.05, 0) is 25.5 Å². The minimum atomic E-state index is -0.121. The van der Waals surface area contributed by atoms with Gasteiger partial charge in [0.1, 0.15) is 5.76 Å². The Morgan fingerprint density at radius 2 is 2.09 bits per heavy atom. The van der Waals surface area contributed by atoms with E-state index >= 15 is 0 Å². The monoisotopic (exact) mass is 309 g/mol. The van der Waals surface area contributed by atoms with Crippen LogP contribution in [0.5, 0.6) is 0 Å². The largest absolute Gasteiger partial charge is 0.469 e. The lowest BCUT2D eigenvalue weighted by Gasteiger charge is -2.13. The van der Waals surface area contributed by atoms with Crippen LogP contribution in [-0.2, 0) is 6.42 Å². The molecule has 2 heterocycles. The zero-order chi connectivity index (χ0) is 16.1. The maximum atomic E-state index is 12.5. The van der Waals surface area contributed by atoms with Crippen molar-refractivity contribution in [1.82, 2.24) is 15.5 Å². The van der Waals surface area contributed by atoms with Crippen molar-refractivity contribution >= 4 is 5.91 Å². The highest BCUT2D eigenvalue weighted by Gasteiger charge is 2.17. The number of benzene rings is 1. The van der Waals surface area contributed by atoms with Gasteiger partial charge in [0.2, 0.25) is 0 Å². The van der Waals surface area contributed by atoms with Crippen LogP contribution in [0, 0.1) is 0 Å². The summed E-state index contributed by atoms with van der Waals surface area (Å²) in [5, 5.41) is 9.93. The number of amides is 1. The van der Waals surface area contributed by atoms with Crippen LogP contribution in [0.25, 0.3) is 11.3 Å².